The van der Waals surface area contributed by atoms with E-state index in [1.165, 1.54) is 16.1 Å². The van der Waals surface area contributed by atoms with Crippen molar-refractivity contribution in [3.05, 3.63) is 77.3 Å². The maximum absolute atomic E-state index is 12.7. The van der Waals surface area contributed by atoms with Gasteiger partial charge in [0.2, 0.25) is 0 Å². The first-order valence-electron chi connectivity index (χ1n) is 10.6. The van der Waals surface area contributed by atoms with Gasteiger partial charge in [-0.1, -0.05) is 42.5 Å². The van der Waals surface area contributed by atoms with E-state index >= 15 is 0 Å². The second kappa shape index (κ2) is 8.54. The number of fused-ring (bicyclic) bond motifs is 2. The average Bonchev–Trinajstić information content (AvgIpc) is 3.19. The van der Waals surface area contributed by atoms with E-state index in [9.17, 15) is 4.79 Å². The van der Waals surface area contributed by atoms with Crippen molar-refractivity contribution in [1.82, 2.24) is 15.2 Å². The molecule has 1 atom stereocenters. The Morgan fingerprint density at radius 2 is 1.90 bits per heavy atom. The third kappa shape index (κ3) is 4.23. The molecule has 1 N–H and O–H groups in total. The molecule has 0 radical (unpaired) electrons. The molecule has 3 aromatic carbocycles. The fourth-order valence-electron chi connectivity index (χ4n) is 4.31. The Labute approximate surface area is 180 Å². The molecule has 2 heterocycles. The maximum Gasteiger partial charge on any atom is 0.251 e. The molecule has 4 nitrogen and oxygen atoms in total. The van der Waals surface area contributed by atoms with Crippen molar-refractivity contribution in [2.75, 3.05) is 19.6 Å². The predicted octanol–water partition coefficient (Wildman–Crippen LogP) is 5.09. The van der Waals surface area contributed by atoms with E-state index in [1.807, 2.05) is 42.5 Å². The van der Waals surface area contributed by atoms with Crippen LogP contribution in [0.2, 0.25) is 0 Å². The molecule has 0 saturated carbocycles. The number of carbonyl (C=O) groups excluding carboxylic acids is 1. The largest absolute Gasteiger partial charge is 0.352 e. The van der Waals surface area contributed by atoms with Crippen LogP contribution in [0.4, 0.5) is 0 Å². The van der Waals surface area contributed by atoms with Gasteiger partial charge in [-0.15, -0.1) is 11.3 Å². The second-order valence-corrected chi connectivity index (χ2v) is 9.21. The van der Waals surface area contributed by atoms with Crippen molar-refractivity contribution < 1.29 is 4.79 Å². The molecule has 5 rings (SSSR count). The van der Waals surface area contributed by atoms with E-state index in [4.69, 9.17) is 4.98 Å². The first-order chi connectivity index (χ1) is 14.7. The van der Waals surface area contributed by atoms with Crippen LogP contribution in [0.1, 0.15) is 28.2 Å². The molecule has 0 bridgehead atoms. The summed E-state index contributed by atoms with van der Waals surface area (Å²) in [4.78, 5) is 19.9. The second-order valence-electron chi connectivity index (χ2n) is 8.09. The standard InChI is InChI=1S/C25H25N3OS/c29-25(21-12-11-19-7-1-2-8-20(19)14-21)26-15-18-6-5-13-28(16-18)17-24-27-22-9-3-4-10-23(22)30-24/h1-4,7-12,14,18H,5-6,13,15-17H2,(H,26,29). The Morgan fingerprint density at radius 3 is 2.80 bits per heavy atom. The van der Waals surface area contributed by atoms with Crippen molar-refractivity contribution in [1.29, 1.82) is 0 Å². The SMILES string of the molecule is O=C(NCC1CCCN(Cc2nc3ccccc3s2)C1)c1ccc2ccccc2c1. The lowest BCUT2D eigenvalue weighted by molar-refractivity contribution is 0.0930. The lowest BCUT2D eigenvalue weighted by atomic mass is 9.98. The smallest absolute Gasteiger partial charge is 0.251 e. The van der Waals surface area contributed by atoms with Gasteiger partial charge in [-0.3, -0.25) is 9.69 Å². The van der Waals surface area contributed by atoms with Crippen LogP contribution in [0, 0.1) is 5.92 Å². The van der Waals surface area contributed by atoms with Crippen LogP contribution < -0.4 is 5.32 Å². The van der Waals surface area contributed by atoms with Gasteiger partial charge in [-0.05, 0) is 60.3 Å². The third-order valence-corrected chi connectivity index (χ3v) is 6.88. The van der Waals surface area contributed by atoms with Gasteiger partial charge in [0.05, 0.1) is 16.8 Å². The number of nitrogens with one attached hydrogen (secondary N) is 1. The van der Waals surface area contributed by atoms with Gasteiger partial charge in [-0.2, -0.15) is 0 Å². The van der Waals surface area contributed by atoms with Gasteiger partial charge in [0.1, 0.15) is 5.01 Å². The van der Waals surface area contributed by atoms with Gasteiger partial charge in [0.25, 0.3) is 5.91 Å². The molecular formula is C25H25N3OS. The molecular weight excluding hydrogens is 390 g/mol. The lowest BCUT2D eigenvalue weighted by Crippen LogP contribution is -2.40. The van der Waals surface area contributed by atoms with E-state index < -0.39 is 0 Å². The molecule has 1 fully saturated rings. The molecule has 1 aromatic heterocycles. The summed E-state index contributed by atoms with van der Waals surface area (Å²) in [6, 6.07) is 22.4. The molecule has 0 spiro atoms. The molecule has 1 aliphatic heterocycles. The number of benzene rings is 3. The van der Waals surface area contributed by atoms with Crippen molar-refractivity contribution in [3.8, 4) is 0 Å². The molecule has 1 saturated heterocycles. The predicted molar refractivity (Wildman–Crippen MR) is 124 cm³/mol. The van der Waals surface area contributed by atoms with E-state index in [0.29, 0.717) is 5.92 Å². The van der Waals surface area contributed by atoms with Crippen LogP contribution in [-0.4, -0.2) is 35.4 Å². The fourth-order valence-corrected chi connectivity index (χ4v) is 5.32. The number of amides is 1. The number of carbonyl (C=O) groups is 1. The van der Waals surface area contributed by atoms with Crippen molar-refractivity contribution >= 4 is 38.2 Å². The van der Waals surface area contributed by atoms with Gasteiger partial charge >= 0.3 is 0 Å². The summed E-state index contributed by atoms with van der Waals surface area (Å²) in [5.41, 5.74) is 1.82. The summed E-state index contributed by atoms with van der Waals surface area (Å²) in [5, 5.41) is 6.60. The summed E-state index contributed by atoms with van der Waals surface area (Å²) in [5.74, 6) is 0.501. The van der Waals surface area contributed by atoms with Crippen molar-refractivity contribution in [3.63, 3.8) is 0 Å². The Balaban J connectivity index is 1.18. The summed E-state index contributed by atoms with van der Waals surface area (Å²) in [6.45, 7) is 3.73. The minimum atomic E-state index is 0.0176. The number of para-hydroxylation sites is 1. The Kier molecular flexibility index (Phi) is 5.47. The molecule has 0 aliphatic carbocycles. The molecule has 30 heavy (non-hydrogen) atoms. The first kappa shape index (κ1) is 19.2. The highest BCUT2D eigenvalue weighted by molar-refractivity contribution is 7.18. The minimum absolute atomic E-state index is 0.0176. The molecule has 1 aliphatic rings. The molecule has 152 valence electrons. The van der Waals surface area contributed by atoms with E-state index in [1.54, 1.807) is 11.3 Å². The van der Waals surface area contributed by atoms with E-state index in [2.05, 4.69) is 34.5 Å². The molecule has 1 unspecified atom stereocenters. The molecule has 1 amide bonds. The van der Waals surface area contributed by atoms with E-state index in [-0.39, 0.29) is 5.91 Å². The summed E-state index contributed by atoms with van der Waals surface area (Å²) < 4.78 is 1.25. The Morgan fingerprint density at radius 1 is 1.07 bits per heavy atom. The number of nitrogens with zero attached hydrogens (tertiary/aromatic N) is 2. The van der Waals surface area contributed by atoms with Crippen LogP contribution in [0.3, 0.4) is 0 Å². The fraction of sp³-hybridized carbons (Fsp3) is 0.280. The van der Waals surface area contributed by atoms with Gasteiger partial charge in [-0.25, -0.2) is 4.98 Å². The number of hydrogen-bond acceptors (Lipinski definition) is 4. The van der Waals surface area contributed by atoms with Gasteiger partial charge in [0, 0.05) is 18.7 Å². The zero-order valence-electron chi connectivity index (χ0n) is 16.9. The van der Waals surface area contributed by atoms with Crippen molar-refractivity contribution in [2.24, 2.45) is 5.92 Å². The number of aromatic nitrogens is 1. The number of likely N-dealkylation sites (tertiary alicyclic amines) is 1. The van der Waals surface area contributed by atoms with Gasteiger partial charge < -0.3 is 5.32 Å². The van der Waals surface area contributed by atoms with Crippen LogP contribution in [0.25, 0.3) is 21.0 Å². The topological polar surface area (TPSA) is 45.2 Å². The zero-order valence-corrected chi connectivity index (χ0v) is 17.7. The first-order valence-corrected chi connectivity index (χ1v) is 11.4. The highest BCUT2D eigenvalue weighted by Gasteiger charge is 2.21. The summed E-state index contributed by atoms with van der Waals surface area (Å²) >= 11 is 1.79. The van der Waals surface area contributed by atoms with Crippen LogP contribution in [0.15, 0.2) is 66.7 Å². The zero-order chi connectivity index (χ0) is 20.3. The Bertz CT molecular complexity index is 1150. The average molecular weight is 416 g/mol. The molecule has 5 heteroatoms. The monoisotopic (exact) mass is 415 g/mol. The van der Waals surface area contributed by atoms with Crippen LogP contribution >= 0.6 is 11.3 Å². The van der Waals surface area contributed by atoms with E-state index in [0.717, 1.165) is 54.5 Å². The molecule has 4 aromatic rings. The Hall–Kier alpha value is -2.76. The summed E-state index contributed by atoms with van der Waals surface area (Å²) in [7, 11) is 0. The number of piperidine rings is 1. The minimum Gasteiger partial charge on any atom is -0.352 e. The summed E-state index contributed by atoms with van der Waals surface area (Å²) in [6.07, 6.45) is 2.33. The maximum atomic E-state index is 12.7. The highest BCUT2D eigenvalue weighted by atomic mass is 32.1. The highest BCUT2D eigenvalue weighted by Crippen LogP contribution is 2.25. The normalized spacial score (nSPS) is 17.4. The number of thiazole rings is 1. The third-order valence-electron chi connectivity index (χ3n) is 5.86. The van der Waals surface area contributed by atoms with Crippen LogP contribution in [-0.2, 0) is 6.54 Å². The van der Waals surface area contributed by atoms with Crippen molar-refractivity contribution in [2.45, 2.75) is 19.4 Å². The lowest BCUT2D eigenvalue weighted by Gasteiger charge is -2.32. The van der Waals surface area contributed by atoms with Gasteiger partial charge in [0.15, 0.2) is 0 Å². The number of hydrogen-bond donors (Lipinski definition) is 1. The number of rotatable bonds is 5. The van der Waals surface area contributed by atoms with Crippen LogP contribution in [0.5, 0.6) is 0 Å². The quantitative estimate of drug-likeness (QED) is 0.494.